The molecule has 1 aromatic carbocycles. The van der Waals surface area contributed by atoms with Crippen LogP contribution in [0.4, 0.5) is 8.78 Å². The largest absolute Gasteiger partial charge is 0.364 e. The van der Waals surface area contributed by atoms with Crippen molar-refractivity contribution in [1.82, 2.24) is 9.55 Å². The lowest BCUT2D eigenvalue weighted by molar-refractivity contribution is 0.0984. The van der Waals surface area contributed by atoms with E-state index in [-0.39, 0.29) is 40.6 Å². The predicted molar refractivity (Wildman–Crippen MR) is 89.0 cm³/mol. The molecule has 8 heteroatoms. The summed E-state index contributed by atoms with van der Waals surface area (Å²) in [6.07, 6.45) is 1.76. The predicted octanol–water partition coefficient (Wildman–Crippen LogP) is 3.80. The fourth-order valence-electron chi connectivity index (χ4n) is 2.51. The zero-order valence-electron chi connectivity index (χ0n) is 13.5. The molecule has 0 amide bonds. The van der Waals surface area contributed by atoms with E-state index in [0.717, 1.165) is 23.5 Å². The molecule has 3 rings (SSSR count). The van der Waals surface area contributed by atoms with Gasteiger partial charge in [-0.05, 0) is 6.07 Å². The third-order valence-corrected chi connectivity index (χ3v) is 4.58. The number of halogens is 2. The number of carbonyl (C=O) groups is 2. The van der Waals surface area contributed by atoms with Crippen LogP contribution in [0.2, 0.25) is 0 Å². The maximum atomic E-state index is 13.7. The maximum Gasteiger partial charge on any atom is 0.223 e. The first-order valence-corrected chi connectivity index (χ1v) is 8.34. The van der Waals surface area contributed by atoms with Crippen molar-refractivity contribution in [2.24, 2.45) is 0 Å². The molecule has 0 fully saturated rings. The highest BCUT2D eigenvalue weighted by Crippen LogP contribution is 2.27. The summed E-state index contributed by atoms with van der Waals surface area (Å²) in [6.45, 7) is 1.78. The van der Waals surface area contributed by atoms with Crippen LogP contribution < -0.4 is 0 Å². The summed E-state index contributed by atoms with van der Waals surface area (Å²) < 4.78 is 33.8. The standard InChI is InChI=1S/C17H14F2N2O3S/c1-3-15(22)13-7-25-17(20-13)16(23)10-6-21(8-24-2)14-5-12(19)11(18)4-9(10)14/h4-7H,3,8H2,1-2H3. The van der Waals surface area contributed by atoms with E-state index in [0.29, 0.717) is 5.52 Å². The van der Waals surface area contributed by atoms with Crippen LogP contribution in [0, 0.1) is 11.6 Å². The normalized spacial score (nSPS) is 11.2. The van der Waals surface area contributed by atoms with Crippen LogP contribution in [-0.2, 0) is 11.5 Å². The minimum atomic E-state index is -1.04. The van der Waals surface area contributed by atoms with Gasteiger partial charge in [-0.3, -0.25) is 9.59 Å². The van der Waals surface area contributed by atoms with Crippen molar-refractivity contribution in [1.29, 1.82) is 0 Å². The monoisotopic (exact) mass is 364 g/mol. The Labute approximate surface area is 145 Å². The van der Waals surface area contributed by atoms with E-state index < -0.39 is 17.4 Å². The molecule has 0 saturated heterocycles. The molecular weight excluding hydrogens is 350 g/mol. The van der Waals surface area contributed by atoms with E-state index in [9.17, 15) is 18.4 Å². The van der Waals surface area contributed by atoms with Crippen LogP contribution in [-0.4, -0.2) is 28.2 Å². The minimum Gasteiger partial charge on any atom is -0.364 e. The van der Waals surface area contributed by atoms with Gasteiger partial charge in [-0.25, -0.2) is 13.8 Å². The lowest BCUT2D eigenvalue weighted by atomic mass is 10.1. The first-order valence-electron chi connectivity index (χ1n) is 7.46. The summed E-state index contributed by atoms with van der Waals surface area (Å²) in [6, 6.07) is 2.00. The molecule has 25 heavy (non-hydrogen) atoms. The Morgan fingerprint density at radius 1 is 1.28 bits per heavy atom. The van der Waals surface area contributed by atoms with Gasteiger partial charge < -0.3 is 9.30 Å². The summed E-state index contributed by atoms with van der Waals surface area (Å²) in [4.78, 5) is 28.5. The Hall–Kier alpha value is -2.45. The molecule has 2 heterocycles. The van der Waals surface area contributed by atoms with Crippen molar-refractivity contribution in [2.45, 2.75) is 20.1 Å². The molecule has 0 aliphatic rings. The number of thiazole rings is 1. The number of ether oxygens (including phenoxy) is 1. The molecule has 0 bridgehead atoms. The minimum absolute atomic E-state index is 0.0757. The fraction of sp³-hybridized carbons (Fsp3) is 0.235. The van der Waals surface area contributed by atoms with Crippen molar-refractivity contribution in [3.05, 3.63) is 51.6 Å². The fourth-order valence-corrected chi connectivity index (χ4v) is 3.29. The third-order valence-electron chi connectivity index (χ3n) is 3.74. The summed E-state index contributed by atoms with van der Waals surface area (Å²) in [5.74, 6) is -2.67. The molecule has 0 radical (unpaired) electrons. The van der Waals surface area contributed by atoms with Crippen molar-refractivity contribution in [3.63, 3.8) is 0 Å². The van der Waals surface area contributed by atoms with Crippen molar-refractivity contribution in [2.75, 3.05) is 7.11 Å². The molecule has 0 N–H and O–H groups in total. The van der Waals surface area contributed by atoms with Gasteiger partial charge >= 0.3 is 0 Å². The molecule has 5 nitrogen and oxygen atoms in total. The van der Waals surface area contributed by atoms with Crippen LogP contribution in [0.1, 0.15) is 39.2 Å². The van der Waals surface area contributed by atoms with Crippen LogP contribution in [0.15, 0.2) is 23.7 Å². The highest BCUT2D eigenvalue weighted by Gasteiger charge is 2.22. The van der Waals surface area contributed by atoms with Gasteiger partial charge in [-0.1, -0.05) is 6.92 Å². The second kappa shape index (κ2) is 6.81. The molecule has 0 aliphatic carbocycles. The summed E-state index contributed by atoms with van der Waals surface area (Å²) in [5.41, 5.74) is 0.745. The number of rotatable bonds is 6. The number of hydrogen-bond donors (Lipinski definition) is 0. The van der Waals surface area contributed by atoms with E-state index in [1.807, 2.05) is 0 Å². The van der Waals surface area contributed by atoms with Gasteiger partial charge in [0.2, 0.25) is 5.78 Å². The van der Waals surface area contributed by atoms with Crippen molar-refractivity contribution >= 4 is 33.8 Å². The molecule has 0 unspecified atom stereocenters. The van der Waals surface area contributed by atoms with E-state index in [1.54, 1.807) is 6.92 Å². The zero-order chi connectivity index (χ0) is 18.1. The van der Waals surface area contributed by atoms with Gasteiger partial charge in [-0.15, -0.1) is 11.3 Å². The maximum absolute atomic E-state index is 13.7. The summed E-state index contributed by atoms with van der Waals surface area (Å²) in [7, 11) is 1.46. The van der Waals surface area contributed by atoms with E-state index in [2.05, 4.69) is 4.98 Å². The second-order valence-electron chi connectivity index (χ2n) is 5.36. The number of methoxy groups -OCH3 is 1. The highest BCUT2D eigenvalue weighted by molar-refractivity contribution is 7.12. The van der Waals surface area contributed by atoms with Gasteiger partial charge in [0.25, 0.3) is 0 Å². The van der Waals surface area contributed by atoms with Gasteiger partial charge in [0, 0.05) is 36.6 Å². The van der Waals surface area contributed by atoms with E-state index in [4.69, 9.17) is 4.74 Å². The Morgan fingerprint density at radius 3 is 2.68 bits per heavy atom. The Bertz CT molecular complexity index is 978. The lowest BCUT2D eigenvalue weighted by Gasteiger charge is -2.03. The number of carbonyl (C=O) groups excluding carboxylic acids is 2. The van der Waals surface area contributed by atoms with Gasteiger partial charge in [0.1, 0.15) is 12.4 Å². The Balaban J connectivity index is 2.11. The van der Waals surface area contributed by atoms with Crippen molar-refractivity contribution < 1.29 is 23.1 Å². The van der Waals surface area contributed by atoms with Gasteiger partial charge in [-0.2, -0.15) is 0 Å². The molecule has 0 spiro atoms. The number of aromatic nitrogens is 2. The molecule has 0 aliphatic heterocycles. The molecule has 3 aromatic rings. The van der Waals surface area contributed by atoms with E-state index >= 15 is 0 Å². The number of Topliss-reactive ketones (excluding diaryl/α,β-unsaturated/α-hetero) is 1. The number of hydrogen-bond acceptors (Lipinski definition) is 5. The molecule has 0 saturated carbocycles. The van der Waals surface area contributed by atoms with Gasteiger partial charge in [0.05, 0.1) is 11.1 Å². The number of ketones is 2. The van der Waals surface area contributed by atoms with Crippen LogP contribution >= 0.6 is 11.3 Å². The van der Waals surface area contributed by atoms with E-state index in [1.165, 1.54) is 23.3 Å². The van der Waals surface area contributed by atoms with Crippen LogP contribution in [0.5, 0.6) is 0 Å². The number of fused-ring (bicyclic) bond motifs is 1. The quantitative estimate of drug-likeness (QED) is 0.624. The number of benzene rings is 1. The molecule has 0 atom stereocenters. The first kappa shape index (κ1) is 17.4. The SMILES string of the molecule is CCC(=O)c1csc(C(=O)c2cn(COC)c3cc(F)c(F)cc23)n1. The average molecular weight is 364 g/mol. The first-order chi connectivity index (χ1) is 12.0. The van der Waals surface area contributed by atoms with Crippen molar-refractivity contribution in [3.8, 4) is 0 Å². The Kier molecular flexibility index (Phi) is 4.73. The van der Waals surface area contributed by atoms with Gasteiger partial charge in [0.15, 0.2) is 22.4 Å². The molecule has 130 valence electrons. The topological polar surface area (TPSA) is 61.2 Å². The highest BCUT2D eigenvalue weighted by atomic mass is 32.1. The number of nitrogens with zero attached hydrogens (tertiary/aromatic N) is 2. The average Bonchev–Trinajstić information content (AvgIpc) is 3.21. The molecule has 2 aromatic heterocycles. The van der Waals surface area contributed by atoms with Crippen LogP contribution in [0.25, 0.3) is 10.9 Å². The smallest absolute Gasteiger partial charge is 0.223 e. The third kappa shape index (κ3) is 3.10. The molecular formula is C17H14F2N2O3S. The zero-order valence-corrected chi connectivity index (χ0v) is 14.3. The van der Waals surface area contributed by atoms with Crippen LogP contribution in [0.3, 0.4) is 0 Å². The summed E-state index contributed by atoms with van der Waals surface area (Å²) >= 11 is 1.04. The Morgan fingerprint density at radius 2 is 2.00 bits per heavy atom. The summed E-state index contributed by atoms with van der Waals surface area (Å²) in [5, 5.41) is 1.91. The lowest BCUT2D eigenvalue weighted by Crippen LogP contribution is -2.03. The second-order valence-corrected chi connectivity index (χ2v) is 6.22.